The van der Waals surface area contributed by atoms with Crippen LogP contribution in [0, 0.1) is 13.8 Å². The molecule has 1 aromatic carbocycles. The topological polar surface area (TPSA) is 47.3 Å². The van der Waals surface area contributed by atoms with Gasteiger partial charge >= 0.3 is 0 Å². The molecule has 3 rings (SSSR count). The molecule has 0 amide bonds. The molecule has 0 unspecified atom stereocenters. The third-order valence-electron chi connectivity index (χ3n) is 3.07. The lowest BCUT2D eigenvalue weighted by atomic mass is 10.1. The largest absolute Gasteiger partial charge is 0.298 e. The molecule has 0 radical (unpaired) electrons. The first-order chi connectivity index (χ1) is 9.19. The van der Waals surface area contributed by atoms with Gasteiger partial charge in [0, 0.05) is 11.8 Å². The van der Waals surface area contributed by atoms with E-state index >= 15 is 0 Å². The summed E-state index contributed by atoms with van der Waals surface area (Å²) < 4.78 is 1.87. The minimum Gasteiger partial charge on any atom is -0.298 e. The Balaban J connectivity index is 2.31. The quantitative estimate of drug-likeness (QED) is 0.658. The van der Waals surface area contributed by atoms with Gasteiger partial charge in [0.1, 0.15) is 0 Å². The van der Waals surface area contributed by atoms with E-state index in [1.165, 1.54) is 0 Å². The molecular formula is C15H13N3O. The molecule has 0 atom stereocenters. The minimum absolute atomic E-state index is 0.561. The first-order valence-corrected chi connectivity index (χ1v) is 6.06. The third kappa shape index (κ3) is 1.91. The number of pyridine rings is 1. The van der Waals surface area contributed by atoms with Crippen LogP contribution in [0.1, 0.15) is 21.5 Å². The number of aryl methyl sites for hydroxylation is 2. The van der Waals surface area contributed by atoms with Gasteiger partial charge in [0.2, 0.25) is 0 Å². The van der Waals surface area contributed by atoms with Crippen molar-refractivity contribution >= 4 is 11.9 Å². The van der Waals surface area contributed by atoms with E-state index in [-0.39, 0.29) is 0 Å². The SMILES string of the molecule is Cc1cccc(-c2nnc3c(C=O)cc(C)cn23)c1. The van der Waals surface area contributed by atoms with Gasteiger partial charge in [-0.05, 0) is 31.5 Å². The Morgan fingerprint density at radius 3 is 2.68 bits per heavy atom. The van der Waals surface area contributed by atoms with Gasteiger partial charge in [0.05, 0.1) is 5.56 Å². The van der Waals surface area contributed by atoms with Gasteiger partial charge in [-0.2, -0.15) is 0 Å². The molecule has 0 bridgehead atoms. The lowest BCUT2D eigenvalue weighted by Gasteiger charge is -2.03. The zero-order valence-electron chi connectivity index (χ0n) is 10.8. The number of carbonyl (C=O) groups excluding carboxylic acids is 1. The molecule has 0 aliphatic rings. The van der Waals surface area contributed by atoms with Gasteiger partial charge < -0.3 is 0 Å². The number of fused-ring (bicyclic) bond motifs is 1. The van der Waals surface area contributed by atoms with Crippen LogP contribution < -0.4 is 0 Å². The van der Waals surface area contributed by atoms with Crippen molar-refractivity contribution in [3.05, 3.63) is 53.2 Å². The smallest absolute Gasteiger partial charge is 0.171 e. The van der Waals surface area contributed by atoms with E-state index in [1.807, 2.05) is 48.7 Å². The van der Waals surface area contributed by atoms with E-state index in [0.29, 0.717) is 11.2 Å². The van der Waals surface area contributed by atoms with Crippen molar-refractivity contribution in [2.75, 3.05) is 0 Å². The second-order valence-corrected chi connectivity index (χ2v) is 4.68. The fourth-order valence-corrected chi connectivity index (χ4v) is 2.23. The molecule has 2 aromatic heterocycles. The maximum atomic E-state index is 11.1. The second kappa shape index (κ2) is 4.31. The number of nitrogens with zero attached hydrogens (tertiary/aromatic N) is 3. The van der Waals surface area contributed by atoms with Crippen LogP contribution in [0.5, 0.6) is 0 Å². The summed E-state index contributed by atoms with van der Waals surface area (Å²) in [6, 6.07) is 9.89. The molecule has 0 aliphatic carbocycles. The molecule has 3 aromatic rings. The van der Waals surface area contributed by atoms with Gasteiger partial charge in [-0.15, -0.1) is 10.2 Å². The Bertz CT molecular complexity index is 774. The summed E-state index contributed by atoms with van der Waals surface area (Å²) >= 11 is 0. The van der Waals surface area contributed by atoms with Crippen LogP contribution in [0.15, 0.2) is 36.5 Å². The molecule has 4 heteroatoms. The Morgan fingerprint density at radius 2 is 1.95 bits per heavy atom. The van der Waals surface area contributed by atoms with Crippen LogP contribution in [0.2, 0.25) is 0 Å². The van der Waals surface area contributed by atoms with Crippen LogP contribution >= 0.6 is 0 Å². The van der Waals surface area contributed by atoms with E-state index in [0.717, 1.165) is 28.8 Å². The third-order valence-corrected chi connectivity index (χ3v) is 3.07. The monoisotopic (exact) mass is 251 g/mol. The molecule has 4 nitrogen and oxygen atoms in total. The maximum absolute atomic E-state index is 11.1. The molecule has 94 valence electrons. The van der Waals surface area contributed by atoms with Crippen LogP contribution in [-0.4, -0.2) is 20.9 Å². The average molecular weight is 251 g/mol. The van der Waals surface area contributed by atoms with E-state index in [2.05, 4.69) is 16.3 Å². The van der Waals surface area contributed by atoms with Gasteiger partial charge in [-0.25, -0.2) is 0 Å². The Labute approximate surface area is 110 Å². The van der Waals surface area contributed by atoms with Crippen LogP contribution in [-0.2, 0) is 0 Å². The van der Waals surface area contributed by atoms with Crippen molar-refractivity contribution in [2.45, 2.75) is 13.8 Å². The highest BCUT2D eigenvalue weighted by atomic mass is 16.1. The van der Waals surface area contributed by atoms with Crippen molar-refractivity contribution in [3.8, 4) is 11.4 Å². The van der Waals surface area contributed by atoms with Crippen LogP contribution in [0.4, 0.5) is 0 Å². The molecule has 0 saturated carbocycles. The lowest BCUT2D eigenvalue weighted by Crippen LogP contribution is -1.95. The van der Waals surface area contributed by atoms with E-state index in [4.69, 9.17) is 0 Å². The first-order valence-electron chi connectivity index (χ1n) is 6.06. The molecule has 0 saturated heterocycles. The summed E-state index contributed by atoms with van der Waals surface area (Å²) in [6.45, 7) is 3.99. The number of aldehydes is 1. The van der Waals surface area contributed by atoms with Gasteiger partial charge in [-0.3, -0.25) is 9.20 Å². The molecule has 0 spiro atoms. The van der Waals surface area contributed by atoms with Crippen LogP contribution in [0.25, 0.3) is 17.0 Å². The highest BCUT2D eigenvalue weighted by Gasteiger charge is 2.11. The lowest BCUT2D eigenvalue weighted by molar-refractivity contribution is 0.112. The zero-order valence-corrected chi connectivity index (χ0v) is 10.8. The minimum atomic E-state index is 0.561. The van der Waals surface area contributed by atoms with E-state index in [9.17, 15) is 4.79 Å². The normalized spacial score (nSPS) is 10.8. The summed E-state index contributed by atoms with van der Waals surface area (Å²) in [5, 5.41) is 8.33. The molecule has 0 aliphatic heterocycles. The summed E-state index contributed by atoms with van der Waals surface area (Å²) in [4.78, 5) is 11.1. The number of benzene rings is 1. The summed E-state index contributed by atoms with van der Waals surface area (Å²) in [7, 11) is 0. The predicted octanol–water partition coefficient (Wildman–Crippen LogP) is 2.83. The fraction of sp³-hybridized carbons (Fsp3) is 0.133. The Hall–Kier alpha value is -2.49. The van der Waals surface area contributed by atoms with E-state index < -0.39 is 0 Å². The van der Waals surface area contributed by atoms with E-state index in [1.54, 1.807) is 0 Å². The number of hydrogen-bond donors (Lipinski definition) is 0. The number of carbonyl (C=O) groups is 1. The summed E-state index contributed by atoms with van der Waals surface area (Å²) in [6.07, 6.45) is 2.76. The van der Waals surface area contributed by atoms with Crippen molar-refractivity contribution in [2.24, 2.45) is 0 Å². The van der Waals surface area contributed by atoms with Crippen molar-refractivity contribution < 1.29 is 4.79 Å². The standard InChI is InChI=1S/C15H13N3O/c1-10-4-3-5-12(6-10)14-16-17-15-13(9-19)7-11(2)8-18(14)15/h3-9H,1-2H3. The van der Waals surface area contributed by atoms with Crippen molar-refractivity contribution in [3.63, 3.8) is 0 Å². The molecule has 0 N–H and O–H groups in total. The number of hydrogen-bond acceptors (Lipinski definition) is 3. The summed E-state index contributed by atoms with van der Waals surface area (Å²) in [5.41, 5.74) is 4.32. The molecule has 0 fully saturated rings. The first kappa shape index (κ1) is 11.6. The maximum Gasteiger partial charge on any atom is 0.171 e. The molecule has 2 heterocycles. The zero-order chi connectivity index (χ0) is 13.4. The Kier molecular flexibility index (Phi) is 2.63. The van der Waals surface area contributed by atoms with Gasteiger partial charge in [-0.1, -0.05) is 23.8 Å². The van der Waals surface area contributed by atoms with Crippen LogP contribution in [0.3, 0.4) is 0 Å². The van der Waals surface area contributed by atoms with Gasteiger partial charge in [0.25, 0.3) is 0 Å². The fourth-order valence-electron chi connectivity index (χ4n) is 2.23. The Morgan fingerprint density at radius 1 is 1.11 bits per heavy atom. The second-order valence-electron chi connectivity index (χ2n) is 4.68. The highest BCUT2D eigenvalue weighted by molar-refractivity contribution is 5.85. The van der Waals surface area contributed by atoms with Gasteiger partial charge in [0.15, 0.2) is 17.8 Å². The summed E-state index contributed by atoms with van der Waals surface area (Å²) in [5.74, 6) is 0.755. The van der Waals surface area contributed by atoms with Crippen molar-refractivity contribution in [1.82, 2.24) is 14.6 Å². The molecule has 19 heavy (non-hydrogen) atoms. The highest BCUT2D eigenvalue weighted by Crippen LogP contribution is 2.21. The average Bonchev–Trinajstić information content (AvgIpc) is 2.81. The predicted molar refractivity (Wildman–Crippen MR) is 73.3 cm³/mol. The number of aromatic nitrogens is 3. The molecular weight excluding hydrogens is 238 g/mol. The van der Waals surface area contributed by atoms with Crippen molar-refractivity contribution in [1.29, 1.82) is 0 Å². The number of rotatable bonds is 2.